The van der Waals surface area contributed by atoms with Crippen molar-refractivity contribution in [2.45, 2.75) is 19.4 Å². The van der Waals surface area contributed by atoms with Gasteiger partial charge in [0.1, 0.15) is 0 Å². The Morgan fingerprint density at radius 2 is 2.43 bits per heavy atom. The SMILES string of the molecule is C=C(Cl)C(N)CC. The van der Waals surface area contributed by atoms with Gasteiger partial charge in [-0.2, -0.15) is 0 Å². The fourth-order valence-electron chi connectivity index (χ4n) is 0.221. The van der Waals surface area contributed by atoms with E-state index in [1.807, 2.05) is 6.92 Å². The summed E-state index contributed by atoms with van der Waals surface area (Å²) in [5.74, 6) is 0. The highest BCUT2D eigenvalue weighted by molar-refractivity contribution is 6.29. The minimum atomic E-state index is -0.0262. The first-order valence-corrected chi connectivity index (χ1v) is 2.66. The van der Waals surface area contributed by atoms with Crippen molar-refractivity contribution in [1.29, 1.82) is 0 Å². The Kier molecular flexibility index (Phi) is 3.05. The summed E-state index contributed by atoms with van der Waals surface area (Å²) in [5.41, 5.74) is 5.38. The van der Waals surface area contributed by atoms with Crippen molar-refractivity contribution in [2.24, 2.45) is 5.73 Å². The van der Waals surface area contributed by atoms with E-state index < -0.39 is 0 Å². The molecule has 0 radical (unpaired) electrons. The smallest absolute Gasteiger partial charge is 0.0394 e. The van der Waals surface area contributed by atoms with E-state index in [0.717, 1.165) is 6.42 Å². The minimum Gasteiger partial charge on any atom is -0.323 e. The summed E-state index contributed by atoms with van der Waals surface area (Å²) < 4.78 is 0. The van der Waals surface area contributed by atoms with E-state index in [1.54, 1.807) is 0 Å². The average Bonchev–Trinajstić information content (AvgIpc) is 1.65. The van der Waals surface area contributed by atoms with Crippen LogP contribution in [0.3, 0.4) is 0 Å². The van der Waals surface area contributed by atoms with Crippen LogP contribution in [0.2, 0.25) is 0 Å². The second-order valence-electron chi connectivity index (χ2n) is 1.46. The van der Waals surface area contributed by atoms with Crippen LogP contribution in [0.15, 0.2) is 11.6 Å². The third-order valence-corrected chi connectivity index (χ3v) is 1.12. The molecule has 0 aromatic heterocycles. The molecule has 0 aromatic carbocycles. The summed E-state index contributed by atoms with van der Waals surface area (Å²) in [6.45, 7) is 5.44. The summed E-state index contributed by atoms with van der Waals surface area (Å²) in [7, 11) is 0. The Balaban J connectivity index is 3.34. The van der Waals surface area contributed by atoms with Crippen LogP contribution in [0.5, 0.6) is 0 Å². The van der Waals surface area contributed by atoms with Crippen LogP contribution in [0.4, 0.5) is 0 Å². The van der Waals surface area contributed by atoms with Crippen LogP contribution in [-0.2, 0) is 0 Å². The third kappa shape index (κ3) is 2.66. The second kappa shape index (κ2) is 3.05. The van der Waals surface area contributed by atoms with Crippen molar-refractivity contribution in [2.75, 3.05) is 0 Å². The molecule has 42 valence electrons. The summed E-state index contributed by atoms with van der Waals surface area (Å²) in [4.78, 5) is 0. The maximum absolute atomic E-state index is 5.41. The molecule has 0 bridgehead atoms. The molecule has 0 aromatic rings. The average molecular weight is 120 g/mol. The Bertz CT molecular complexity index is 70.5. The molecule has 1 unspecified atom stereocenters. The lowest BCUT2D eigenvalue weighted by molar-refractivity contribution is 0.772. The molecule has 0 rings (SSSR count). The van der Waals surface area contributed by atoms with Gasteiger partial charge in [-0.3, -0.25) is 0 Å². The maximum Gasteiger partial charge on any atom is 0.0394 e. The maximum atomic E-state index is 5.41. The quantitative estimate of drug-likeness (QED) is 0.586. The second-order valence-corrected chi connectivity index (χ2v) is 1.95. The monoisotopic (exact) mass is 119 g/mol. The zero-order chi connectivity index (χ0) is 5.86. The molecule has 1 nitrogen and oxygen atoms in total. The molecule has 0 spiro atoms. The first-order valence-electron chi connectivity index (χ1n) is 2.28. The van der Waals surface area contributed by atoms with Crippen molar-refractivity contribution >= 4 is 11.6 Å². The highest BCUT2D eigenvalue weighted by Crippen LogP contribution is 2.03. The predicted molar refractivity (Wildman–Crippen MR) is 33.3 cm³/mol. The van der Waals surface area contributed by atoms with Gasteiger partial charge in [-0.05, 0) is 6.42 Å². The molecule has 0 amide bonds. The number of rotatable bonds is 2. The fraction of sp³-hybridized carbons (Fsp3) is 0.600. The minimum absolute atomic E-state index is 0.0262. The van der Waals surface area contributed by atoms with Gasteiger partial charge in [0.25, 0.3) is 0 Å². The molecule has 0 saturated carbocycles. The Labute approximate surface area is 49.2 Å². The van der Waals surface area contributed by atoms with E-state index in [1.165, 1.54) is 0 Å². The first-order chi connectivity index (χ1) is 3.18. The van der Waals surface area contributed by atoms with Crippen molar-refractivity contribution < 1.29 is 0 Å². The summed E-state index contributed by atoms with van der Waals surface area (Å²) in [6.07, 6.45) is 0.863. The van der Waals surface area contributed by atoms with Gasteiger partial charge in [0.2, 0.25) is 0 Å². The van der Waals surface area contributed by atoms with E-state index in [2.05, 4.69) is 6.58 Å². The van der Waals surface area contributed by atoms with Gasteiger partial charge in [0, 0.05) is 11.1 Å². The third-order valence-electron chi connectivity index (χ3n) is 0.842. The van der Waals surface area contributed by atoms with E-state index >= 15 is 0 Å². The molecule has 7 heavy (non-hydrogen) atoms. The van der Waals surface area contributed by atoms with Crippen molar-refractivity contribution in [3.63, 3.8) is 0 Å². The number of halogens is 1. The molecular weight excluding hydrogens is 110 g/mol. The van der Waals surface area contributed by atoms with Crippen LogP contribution in [0, 0.1) is 0 Å². The van der Waals surface area contributed by atoms with E-state index in [4.69, 9.17) is 17.3 Å². The van der Waals surface area contributed by atoms with E-state index in [-0.39, 0.29) is 6.04 Å². The van der Waals surface area contributed by atoms with Gasteiger partial charge in [-0.15, -0.1) is 0 Å². The van der Waals surface area contributed by atoms with Crippen molar-refractivity contribution in [1.82, 2.24) is 0 Å². The lowest BCUT2D eigenvalue weighted by atomic mass is 10.2. The van der Waals surface area contributed by atoms with Gasteiger partial charge in [0.05, 0.1) is 0 Å². The Morgan fingerprint density at radius 3 is 2.43 bits per heavy atom. The molecular formula is C5H10ClN. The van der Waals surface area contributed by atoms with Crippen LogP contribution in [-0.4, -0.2) is 6.04 Å². The van der Waals surface area contributed by atoms with E-state index in [0.29, 0.717) is 5.03 Å². The highest BCUT2D eigenvalue weighted by atomic mass is 35.5. The molecule has 0 saturated heterocycles. The zero-order valence-electron chi connectivity index (χ0n) is 4.45. The van der Waals surface area contributed by atoms with E-state index in [9.17, 15) is 0 Å². The Hall–Kier alpha value is -0.0100. The number of hydrogen-bond acceptors (Lipinski definition) is 1. The summed E-state index contributed by atoms with van der Waals surface area (Å²) in [5, 5.41) is 0.544. The van der Waals surface area contributed by atoms with Crippen molar-refractivity contribution in [3.8, 4) is 0 Å². The number of hydrogen-bond donors (Lipinski definition) is 1. The zero-order valence-corrected chi connectivity index (χ0v) is 5.20. The standard InChI is InChI=1S/C5H10ClN/c1-3-5(7)4(2)6/h5H,2-3,7H2,1H3. The van der Waals surface area contributed by atoms with Gasteiger partial charge in [-0.25, -0.2) is 0 Å². The summed E-state index contributed by atoms with van der Waals surface area (Å²) >= 11 is 5.41. The van der Waals surface area contributed by atoms with Gasteiger partial charge in [-0.1, -0.05) is 25.1 Å². The van der Waals surface area contributed by atoms with Gasteiger partial charge in [0.15, 0.2) is 0 Å². The highest BCUT2D eigenvalue weighted by Gasteiger charge is 1.97. The van der Waals surface area contributed by atoms with Crippen LogP contribution < -0.4 is 5.73 Å². The first kappa shape index (κ1) is 6.99. The molecule has 2 N–H and O–H groups in total. The molecule has 0 aliphatic heterocycles. The molecule has 0 aliphatic carbocycles. The summed E-state index contributed by atoms with van der Waals surface area (Å²) in [6, 6.07) is -0.0262. The molecule has 0 aliphatic rings. The number of nitrogens with two attached hydrogens (primary N) is 1. The largest absolute Gasteiger partial charge is 0.323 e. The normalized spacial score (nSPS) is 13.6. The topological polar surface area (TPSA) is 26.0 Å². The van der Waals surface area contributed by atoms with Crippen molar-refractivity contribution in [3.05, 3.63) is 11.6 Å². The molecule has 0 fully saturated rings. The predicted octanol–water partition coefficient (Wildman–Crippen LogP) is 1.48. The molecule has 0 heterocycles. The molecule has 1 atom stereocenters. The van der Waals surface area contributed by atoms with Gasteiger partial charge < -0.3 is 5.73 Å². The van der Waals surface area contributed by atoms with Crippen LogP contribution in [0.1, 0.15) is 13.3 Å². The van der Waals surface area contributed by atoms with Crippen LogP contribution in [0.25, 0.3) is 0 Å². The molecule has 2 heteroatoms. The lowest BCUT2D eigenvalue weighted by Gasteiger charge is -2.02. The fourth-order valence-corrected chi connectivity index (χ4v) is 0.376. The van der Waals surface area contributed by atoms with Crippen LogP contribution >= 0.6 is 11.6 Å². The van der Waals surface area contributed by atoms with Gasteiger partial charge >= 0.3 is 0 Å². The lowest BCUT2D eigenvalue weighted by Crippen LogP contribution is -2.17. The Morgan fingerprint density at radius 1 is 2.00 bits per heavy atom.